The fourth-order valence-corrected chi connectivity index (χ4v) is 7.69. The smallest absolute Gasteiger partial charge is 0.0937 e. The molecule has 7 atom stereocenters. The maximum absolute atomic E-state index is 12.1. The van der Waals surface area contributed by atoms with E-state index in [1.807, 2.05) is 6.26 Å². The number of aliphatic hydroxyl groups excluding tert-OH is 1. The van der Waals surface area contributed by atoms with Gasteiger partial charge in [0.25, 0.3) is 0 Å². The van der Waals surface area contributed by atoms with Crippen molar-refractivity contribution in [2.75, 3.05) is 0 Å². The molecule has 26 heavy (non-hydrogen) atoms. The summed E-state index contributed by atoms with van der Waals surface area (Å²) < 4.78 is 5.38. The zero-order valence-electron chi connectivity index (χ0n) is 16.1. The molecule has 0 saturated heterocycles. The molecule has 4 aliphatic rings. The van der Waals surface area contributed by atoms with E-state index in [0.29, 0.717) is 17.8 Å². The highest BCUT2D eigenvalue weighted by molar-refractivity contribution is 5.30. The van der Waals surface area contributed by atoms with Crippen molar-refractivity contribution in [1.82, 2.24) is 0 Å². The molecule has 0 aromatic carbocycles. The van der Waals surface area contributed by atoms with Gasteiger partial charge in [0.2, 0.25) is 0 Å². The maximum Gasteiger partial charge on any atom is 0.0937 e. The lowest BCUT2D eigenvalue weighted by atomic mass is 9.45. The van der Waals surface area contributed by atoms with Crippen molar-refractivity contribution in [3.05, 3.63) is 35.8 Å². The quantitative estimate of drug-likeness (QED) is 0.711. The van der Waals surface area contributed by atoms with Crippen molar-refractivity contribution in [3.8, 4) is 0 Å². The molecule has 0 aliphatic heterocycles. The maximum atomic E-state index is 12.1. The third-order valence-corrected chi connectivity index (χ3v) is 9.22. The summed E-state index contributed by atoms with van der Waals surface area (Å²) in [6, 6.07) is 2.10. The Hall–Kier alpha value is -1.06. The average molecular weight is 357 g/mol. The molecule has 2 N–H and O–H groups in total. The minimum absolute atomic E-state index is 0.0518. The van der Waals surface area contributed by atoms with Crippen molar-refractivity contribution in [3.63, 3.8) is 0 Å². The lowest BCUT2D eigenvalue weighted by Gasteiger charge is -2.61. The Morgan fingerprint density at radius 1 is 1.04 bits per heavy atom. The number of rotatable bonds is 1. The fourth-order valence-electron chi connectivity index (χ4n) is 7.69. The minimum atomic E-state index is -0.567. The van der Waals surface area contributed by atoms with Crippen LogP contribution in [0.2, 0.25) is 0 Å². The molecule has 1 heterocycles. The van der Waals surface area contributed by atoms with Gasteiger partial charge in [-0.05, 0) is 86.2 Å². The van der Waals surface area contributed by atoms with Gasteiger partial charge in [-0.2, -0.15) is 0 Å². The van der Waals surface area contributed by atoms with Gasteiger partial charge in [-0.25, -0.2) is 0 Å². The van der Waals surface area contributed by atoms with Crippen LogP contribution in [0.3, 0.4) is 0 Å². The van der Waals surface area contributed by atoms with Gasteiger partial charge in [-0.3, -0.25) is 0 Å². The first-order valence-corrected chi connectivity index (χ1v) is 10.5. The van der Waals surface area contributed by atoms with E-state index in [4.69, 9.17) is 4.42 Å². The molecule has 0 unspecified atom stereocenters. The van der Waals surface area contributed by atoms with Crippen LogP contribution in [0.15, 0.2) is 34.7 Å². The van der Waals surface area contributed by atoms with Gasteiger partial charge in [-0.15, -0.1) is 0 Å². The molecular weight excluding hydrogens is 324 g/mol. The highest BCUT2D eigenvalue weighted by Gasteiger charge is 2.66. The lowest BCUT2D eigenvalue weighted by molar-refractivity contribution is -0.178. The number of fused-ring (bicyclic) bond motifs is 5. The van der Waals surface area contributed by atoms with Crippen LogP contribution in [0, 0.1) is 22.7 Å². The summed E-state index contributed by atoms with van der Waals surface area (Å²) in [5, 5.41) is 22.2. The first-order chi connectivity index (χ1) is 12.4. The predicted octanol–water partition coefficient (Wildman–Crippen LogP) is 4.80. The summed E-state index contributed by atoms with van der Waals surface area (Å²) in [4.78, 5) is 0. The second-order valence-corrected chi connectivity index (χ2v) is 10.00. The van der Waals surface area contributed by atoms with Gasteiger partial charge in [0.05, 0.1) is 24.2 Å². The van der Waals surface area contributed by atoms with E-state index in [9.17, 15) is 10.2 Å². The largest absolute Gasteiger partial charge is 0.472 e. The van der Waals surface area contributed by atoms with E-state index in [1.165, 1.54) is 17.6 Å². The molecule has 1 aromatic rings. The summed E-state index contributed by atoms with van der Waals surface area (Å²) in [5.74, 6) is 1.34. The number of hydrogen-bond donors (Lipinski definition) is 2. The molecule has 3 saturated carbocycles. The van der Waals surface area contributed by atoms with Gasteiger partial charge >= 0.3 is 0 Å². The lowest BCUT2D eigenvalue weighted by Crippen LogP contribution is -2.60. The van der Waals surface area contributed by atoms with Crippen LogP contribution < -0.4 is 0 Å². The second kappa shape index (κ2) is 5.48. The van der Waals surface area contributed by atoms with Crippen LogP contribution in [-0.4, -0.2) is 21.9 Å². The Balaban J connectivity index is 1.52. The highest BCUT2D eigenvalue weighted by atomic mass is 16.3. The monoisotopic (exact) mass is 356 g/mol. The van der Waals surface area contributed by atoms with Crippen molar-refractivity contribution < 1.29 is 14.6 Å². The van der Waals surface area contributed by atoms with Crippen molar-refractivity contribution in [1.29, 1.82) is 0 Å². The molecule has 3 heteroatoms. The number of hydrogen-bond acceptors (Lipinski definition) is 3. The van der Waals surface area contributed by atoms with E-state index < -0.39 is 5.60 Å². The summed E-state index contributed by atoms with van der Waals surface area (Å²) in [5.41, 5.74) is 2.29. The van der Waals surface area contributed by atoms with Gasteiger partial charge in [0.1, 0.15) is 0 Å². The Morgan fingerprint density at radius 2 is 1.88 bits per heavy atom. The third-order valence-electron chi connectivity index (χ3n) is 9.22. The average Bonchev–Trinajstić information content (AvgIpc) is 3.21. The molecule has 142 valence electrons. The van der Waals surface area contributed by atoms with Gasteiger partial charge in [0, 0.05) is 5.41 Å². The van der Waals surface area contributed by atoms with E-state index in [0.717, 1.165) is 44.9 Å². The fraction of sp³-hybridized carbons (Fsp3) is 0.739. The molecule has 3 nitrogen and oxygen atoms in total. The Bertz CT molecular complexity index is 722. The molecule has 0 amide bonds. The molecule has 3 fully saturated rings. The summed E-state index contributed by atoms with van der Waals surface area (Å²) in [6.45, 7) is 4.75. The molecule has 5 rings (SSSR count). The van der Waals surface area contributed by atoms with Crippen LogP contribution >= 0.6 is 0 Å². The number of furan rings is 1. The Kier molecular flexibility index (Phi) is 3.60. The predicted molar refractivity (Wildman–Crippen MR) is 101 cm³/mol. The standard InChI is InChI=1S/C23H32O3/c1-21-9-5-17(24)13-16(21)3-4-20-19(21)6-10-22(2)18(7-11-23(20,22)25)15-8-12-26-14-15/h8,12-14,17-20,24-25H,3-7,9-11H2,1-2H3/t17-,18+,19-,20+,21-,22+,23-/m0/s1. The van der Waals surface area contributed by atoms with Crippen LogP contribution in [0.1, 0.15) is 76.7 Å². The molecule has 0 radical (unpaired) electrons. The highest BCUT2D eigenvalue weighted by Crippen LogP contribution is 2.70. The topological polar surface area (TPSA) is 53.6 Å². The van der Waals surface area contributed by atoms with Crippen LogP contribution in [0.25, 0.3) is 0 Å². The Labute approximate surface area is 156 Å². The van der Waals surface area contributed by atoms with Gasteiger partial charge in [-0.1, -0.05) is 25.5 Å². The van der Waals surface area contributed by atoms with Crippen molar-refractivity contribution in [2.24, 2.45) is 22.7 Å². The van der Waals surface area contributed by atoms with E-state index >= 15 is 0 Å². The van der Waals surface area contributed by atoms with Crippen molar-refractivity contribution >= 4 is 0 Å². The molecule has 0 spiro atoms. The molecule has 1 aromatic heterocycles. The zero-order valence-corrected chi connectivity index (χ0v) is 16.1. The number of allylic oxidation sites excluding steroid dienone is 1. The summed E-state index contributed by atoms with van der Waals surface area (Å²) in [7, 11) is 0. The van der Waals surface area contributed by atoms with Crippen molar-refractivity contribution in [2.45, 2.75) is 82.8 Å². The van der Waals surface area contributed by atoms with E-state index in [-0.39, 0.29) is 16.9 Å². The second-order valence-electron chi connectivity index (χ2n) is 10.00. The third kappa shape index (κ3) is 2.02. The Morgan fingerprint density at radius 3 is 2.65 bits per heavy atom. The van der Waals surface area contributed by atoms with Crippen LogP contribution in [0.4, 0.5) is 0 Å². The first kappa shape index (κ1) is 17.1. The zero-order chi connectivity index (χ0) is 18.2. The minimum Gasteiger partial charge on any atom is -0.472 e. The SMILES string of the molecule is C[C@]12CC[C@H](O)C=C1CC[C@@H]1[C@@H]2CC[C@]2(C)[C@@H](c3ccoc3)CC[C@]12O. The number of aliphatic hydroxyl groups is 2. The van der Waals surface area contributed by atoms with Crippen LogP contribution in [0.5, 0.6) is 0 Å². The summed E-state index contributed by atoms with van der Waals surface area (Å²) >= 11 is 0. The van der Waals surface area contributed by atoms with E-state index in [1.54, 1.807) is 6.26 Å². The van der Waals surface area contributed by atoms with Crippen LogP contribution in [-0.2, 0) is 0 Å². The van der Waals surface area contributed by atoms with E-state index in [2.05, 4.69) is 26.0 Å². The van der Waals surface area contributed by atoms with Gasteiger partial charge in [0.15, 0.2) is 0 Å². The first-order valence-electron chi connectivity index (χ1n) is 10.5. The normalized spacial score (nSPS) is 50.5. The molecular formula is C23H32O3. The summed E-state index contributed by atoms with van der Waals surface area (Å²) in [6.07, 6.45) is 13.9. The molecule has 4 aliphatic carbocycles. The van der Waals surface area contributed by atoms with Gasteiger partial charge < -0.3 is 14.6 Å². The molecule has 0 bridgehead atoms.